The van der Waals surface area contributed by atoms with Crippen molar-refractivity contribution in [2.24, 2.45) is 0 Å². The van der Waals surface area contributed by atoms with Gasteiger partial charge in [-0.2, -0.15) is 0 Å². The maximum Gasteiger partial charge on any atom is 0.337 e. The van der Waals surface area contributed by atoms with E-state index in [-0.39, 0.29) is 5.97 Å². The summed E-state index contributed by atoms with van der Waals surface area (Å²) < 4.78 is 16.3. The number of ether oxygens (including phenoxy) is 3. The first kappa shape index (κ1) is 15.4. The Kier molecular flexibility index (Phi) is 5.22. The van der Waals surface area contributed by atoms with Gasteiger partial charge in [0.2, 0.25) is 0 Å². The Morgan fingerprint density at radius 2 is 1.86 bits per heavy atom. The van der Waals surface area contributed by atoms with E-state index in [1.54, 1.807) is 19.2 Å². The molecule has 0 bridgehead atoms. The zero-order valence-corrected chi connectivity index (χ0v) is 13.3. The molecule has 0 saturated carbocycles. The van der Waals surface area contributed by atoms with E-state index >= 15 is 0 Å². The van der Waals surface area contributed by atoms with E-state index in [4.69, 9.17) is 9.47 Å². The molecule has 4 nitrogen and oxygen atoms in total. The van der Waals surface area contributed by atoms with E-state index < -0.39 is 0 Å². The third kappa shape index (κ3) is 3.98. The maximum atomic E-state index is 11.4. The third-order valence-corrected chi connectivity index (χ3v) is 3.65. The fraction of sp³-hybridized carbons (Fsp3) is 0.188. The number of hydrogen-bond donors (Lipinski definition) is 0. The molecule has 0 aromatic heterocycles. The predicted molar refractivity (Wildman–Crippen MR) is 82.8 cm³/mol. The fourth-order valence-electron chi connectivity index (χ4n) is 1.76. The molecular formula is C16H15BrO4. The lowest BCUT2D eigenvalue weighted by Crippen LogP contribution is -2.03. The summed E-state index contributed by atoms with van der Waals surface area (Å²) in [5.41, 5.74) is 1.43. The number of hydrogen-bond acceptors (Lipinski definition) is 4. The van der Waals surface area contributed by atoms with Crippen LogP contribution in [0.5, 0.6) is 11.5 Å². The molecule has 0 atom stereocenters. The largest absolute Gasteiger partial charge is 0.497 e. The highest BCUT2D eigenvalue weighted by molar-refractivity contribution is 9.10. The normalized spacial score (nSPS) is 10.0. The van der Waals surface area contributed by atoms with Gasteiger partial charge in [-0.05, 0) is 24.3 Å². The van der Waals surface area contributed by atoms with Crippen molar-refractivity contribution in [1.29, 1.82) is 0 Å². The van der Waals surface area contributed by atoms with Gasteiger partial charge in [0, 0.05) is 16.1 Å². The van der Waals surface area contributed by atoms with Gasteiger partial charge in [0.05, 0.1) is 19.8 Å². The lowest BCUT2D eigenvalue weighted by atomic mass is 10.1. The summed E-state index contributed by atoms with van der Waals surface area (Å²) in [5.74, 6) is 1.10. The first-order chi connectivity index (χ1) is 10.1. The van der Waals surface area contributed by atoms with E-state index in [9.17, 15) is 4.79 Å². The molecule has 2 aromatic rings. The van der Waals surface area contributed by atoms with Gasteiger partial charge in [-0.3, -0.25) is 0 Å². The molecule has 0 heterocycles. The molecule has 2 aromatic carbocycles. The molecule has 0 spiro atoms. The Labute approximate surface area is 131 Å². The van der Waals surface area contributed by atoms with Crippen molar-refractivity contribution in [3.63, 3.8) is 0 Å². The second-order valence-electron chi connectivity index (χ2n) is 4.27. The molecule has 0 aliphatic heterocycles. The monoisotopic (exact) mass is 350 g/mol. The van der Waals surface area contributed by atoms with Gasteiger partial charge in [-0.15, -0.1) is 0 Å². The van der Waals surface area contributed by atoms with Crippen LogP contribution in [0.25, 0.3) is 0 Å². The van der Waals surface area contributed by atoms with Crippen LogP contribution in [-0.2, 0) is 11.3 Å². The van der Waals surface area contributed by atoms with E-state index in [0.717, 1.165) is 21.5 Å². The van der Waals surface area contributed by atoms with Crippen molar-refractivity contribution < 1.29 is 19.0 Å². The predicted octanol–water partition coefficient (Wildman–Crippen LogP) is 3.82. The highest BCUT2D eigenvalue weighted by Gasteiger charge is 2.09. The fourth-order valence-corrected chi connectivity index (χ4v) is 2.25. The molecule has 5 heteroatoms. The van der Waals surface area contributed by atoms with Crippen LogP contribution in [0.15, 0.2) is 46.9 Å². The average Bonchev–Trinajstić information content (AvgIpc) is 2.53. The molecular weight excluding hydrogens is 336 g/mol. The topological polar surface area (TPSA) is 44.8 Å². The number of carbonyl (C=O) groups is 1. The molecule has 0 radical (unpaired) electrons. The van der Waals surface area contributed by atoms with E-state index in [1.807, 2.05) is 30.3 Å². The Bertz CT molecular complexity index is 640. The third-order valence-electron chi connectivity index (χ3n) is 2.91. The van der Waals surface area contributed by atoms with Crippen LogP contribution in [0.2, 0.25) is 0 Å². The lowest BCUT2D eigenvalue weighted by Gasteiger charge is -2.10. The number of benzene rings is 2. The van der Waals surface area contributed by atoms with E-state index in [0.29, 0.717) is 12.2 Å². The molecule has 21 heavy (non-hydrogen) atoms. The lowest BCUT2D eigenvalue weighted by molar-refractivity contribution is 0.0600. The van der Waals surface area contributed by atoms with Crippen molar-refractivity contribution in [2.75, 3.05) is 14.2 Å². The molecule has 2 rings (SSSR count). The second-order valence-corrected chi connectivity index (χ2v) is 5.12. The van der Waals surface area contributed by atoms with Gasteiger partial charge < -0.3 is 14.2 Å². The first-order valence-electron chi connectivity index (χ1n) is 6.27. The summed E-state index contributed by atoms with van der Waals surface area (Å²) in [7, 11) is 2.97. The van der Waals surface area contributed by atoms with Crippen LogP contribution in [0.1, 0.15) is 15.9 Å². The van der Waals surface area contributed by atoms with Gasteiger partial charge in [0.15, 0.2) is 0 Å². The number of methoxy groups -OCH3 is 2. The molecule has 0 unspecified atom stereocenters. The molecule has 110 valence electrons. The summed E-state index contributed by atoms with van der Waals surface area (Å²) in [6, 6.07) is 12.7. The quantitative estimate of drug-likeness (QED) is 0.769. The summed E-state index contributed by atoms with van der Waals surface area (Å²) in [4.78, 5) is 11.4. The number of esters is 1. The molecule has 0 saturated heterocycles. The standard InChI is InChI=1S/C16H15BrO4/c1-19-13-4-3-5-14(9-13)21-10-12-7-6-11(8-15(12)17)16(18)20-2/h3-9H,10H2,1-2H3. The van der Waals surface area contributed by atoms with Crippen LogP contribution in [0, 0.1) is 0 Å². The molecule has 0 aliphatic carbocycles. The molecule has 0 amide bonds. The SMILES string of the molecule is COC(=O)c1ccc(COc2cccc(OC)c2)c(Br)c1. The van der Waals surface area contributed by atoms with Crippen molar-refractivity contribution in [3.05, 3.63) is 58.1 Å². The Morgan fingerprint density at radius 1 is 1.10 bits per heavy atom. The Balaban J connectivity index is 2.07. The van der Waals surface area contributed by atoms with Crippen LogP contribution >= 0.6 is 15.9 Å². The second kappa shape index (κ2) is 7.13. The summed E-state index contributed by atoms with van der Waals surface area (Å²) in [6.07, 6.45) is 0. The van der Waals surface area contributed by atoms with E-state index in [2.05, 4.69) is 20.7 Å². The molecule has 0 N–H and O–H groups in total. The molecule has 0 aliphatic rings. The van der Waals surface area contributed by atoms with Crippen molar-refractivity contribution >= 4 is 21.9 Å². The van der Waals surface area contributed by atoms with Crippen LogP contribution < -0.4 is 9.47 Å². The highest BCUT2D eigenvalue weighted by atomic mass is 79.9. The van der Waals surface area contributed by atoms with Crippen molar-refractivity contribution in [3.8, 4) is 11.5 Å². The summed E-state index contributed by atoms with van der Waals surface area (Å²) >= 11 is 3.43. The van der Waals surface area contributed by atoms with E-state index in [1.165, 1.54) is 7.11 Å². The number of rotatable bonds is 5. The number of carbonyl (C=O) groups excluding carboxylic acids is 1. The Morgan fingerprint density at radius 3 is 2.52 bits per heavy atom. The number of halogens is 1. The first-order valence-corrected chi connectivity index (χ1v) is 7.07. The van der Waals surface area contributed by atoms with Crippen molar-refractivity contribution in [2.45, 2.75) is 6.61 Å². The van der Waals surface area contributed by atoms with Gasteiger partial charge in [0.1, 0.15) is 18.1 Å². The van der Waals surface area contributed by atoms with Crippen LogP contribution in [-0.4, -0.2) is 20.2 Å². The van der Waals surface area contributed by atoms with Gasteiger partial charge in [0.25, 0.3) is 0 Å². The summed E-state index contributed by atoms with van der Waals surface area (Å²) in [5, 5.41) is 0. The van der Waals surface area contributed by atoms with Gasteiger partial charge >= 0.3 is 5.97 Å². The zero-order chi connectivity index (χ0) is 15.2. The maximum absolute atomic E-state index is 11.4. The zero-order valence-electron chi connectivity index (χ0n) is 11.8. The van der Waals surface area contributed by atoms with Crippen molar-refractivity contribution in [1.82, 2.24) is 0 Å². The minimum atomic E-state index is -0.365. The summed E-state index contributed by atoms with van der Waals surface area (Å²) in [6.45, 7) is 0.384. The van der Waals surface area contributed by atoms with Crippen LogP contribution in [0.4, 0.5) is 0 Å². The Hall–Kier alpha value is -2.01. The smallest absolute Gasteiger partial charge is 0.337 e. The van der Waals surface area contributed by atoms with Gasteiger partial charge in [-0.25, -0.2) is 4.79 Å². The van der Waals surface area contributed by atoms with Crippen LogP contribution in [0.3, 0.4) is 0 Å². The minimum Gasteiger partial charge on any atom is -0.497 e. The average molecular weight is 351 g/mol. The highest BCUT2D eigenvalue weighted by Crippen LogP contribution is 2.23. The molecule has 0 fully saturated rings. The van der Waals surface area contributed by atoms with Gasteiger partial charge in [-0.1, -0.05) is 28.1 Å². The minimum absolute atomic E-state index is 0.365.